The molecule has 0 saturated carbocycles. The third kappa shape index (κ3) is 3.24. The molecule has 0 aliphatic heterocycles. The zero-order valence-corrected chi connectivity index (χ0v) is 13.3. The maximum absolute atomic E-state index is 12.4. The third-order valence-corrected chi connectivity index (χ3v) is 4.47. The van der Waals surface area contributed by atoms with Crippen LogP contribution in [0.4, 0.5) is 0 Å². The SMILES string of the molecule is Cc1cc(C(=O)Cc2csc(-c3ccccc3)n2)c(O)cc1O. The Kier molecular flexibility index (Phi) is 4.12. The first-order valence-corrected chi connectivity index (χ1v) is 7.98. The van der Waals surface area contributed by atoms with Gasteiger partial charge in [-0.05, 0) is 18.6 Å². The molecule has 0 aliphatic carbocycles. The normalized spacial score (nSPS) is 10.7. The minimum atomic E-state index is -0.226. The van der Waals surface area contributed by atoms with E-state index in [1.165, 1.54) is 23.5 Å². The van der Waals surface area contributed by atoms with E-state index in [2.05, 4.69) is 4.98 Å². The van der Waals surface area contributed by atoms with Crippen molar-refractivity contribution in [2.24, 2.45) is 0 Å². The molecule has 116 valence electrons. The molecule has 0 spiro atoms. The zero-order chi connectivity index (χ0) is 16.4. The standard InChI is InChI=1S/C18H15NO3S/c1-11-7-14(17(22)9-15(11)20)16(21)8-13-10-23-18(19-13)12-5-3-2-4-6-12/h2-7,9-10,20,22H,8H2,1H3. The molecule has 3 rings (SSSR count). The van der Waals surface area contributed by atoms with E-state index in [0.29, 0.717) is 11.3 Å². The van der Waals surface area contributed by atoms with Gasteiger partial charge in [0, 0.05) is 17.0 Å². The molecule has 5 heteroatoms. The van der Waals surface area contributed by atoms with E-state index in [4.69, 9.17) is 0 Å². The number of ketones is 1. The maximum Gasteiger partial charge on any atom is 0.172 e. The van der Waals surface area contributed by atoms with Crippen LogP contribution in [0, 0.1) is 6.92 Å². The predicted octanol–water partition coefficient (Wildman–Crippen LogP) is 3.96. The summed E-state index contributed by atoms with van der Waals surface area (Å²) in [6.07, 6.45) is 0.112. The Labute approximate surface area is 137 Å². The monoisotopic (exact) mass is 325 g/mol. The van der Waals surface area contributed by atoms with Gasteiger partial charge in [-0.1, -0.05) is 30.3 Å². The number of hydrogen-bond acceptors (Lipinski definition) is 5. The van der Waals surface area contributed by atoms with Crippen LogP contribution < -0.4 is 0 Å². The van der Waals surface area contributed by atoms with Crippen LogP contribution in [0.3, 0.4) is 0 Å². The Morgan fingerprint density at radius 2 is 1.87 bits per heavy atom. The van der Waals surface area contributed by atoms with E-state index in [-0.39, 0.29) is 29.3 Å². The van der Waals surface area contributed by atoms with Gasteiger partial charge in [-0.2, -0.15) is 0 Å². The van der Waals surface area contributed by atoms with Gasteiger partial charge in [-0.15, -0.1) is 11.3 Å². The number of thiazole rings is 1. The number of aromatic nitrogens is 1. The third-order valence-electron chi connectivity index (χ3n) is 3.53. The van der Waals surface area contributed by atoms with Crippen molar-refractivity contribution in [3.8, 4) is 22.1 Å². The first kappa shape index (κ1) is 15.2. The smallest absolute Gasteiger partial charge is 0.172 e. The van der Waals surface area contributed by atoms with E-state index in [9.17, 15) is 15.0 Å². The van der Waals surface area contributed by atoms with E-state index < -0.39 is 0 Å². The van der Waals surface area contributed by atoms with Crippen molar-refractivity contribution in [1.29, 1.82) is 0 Å². The largest absolute Gasteiger partial charge is 0.508 e. The molecule has 1 aromatic heterocycles. The Morgan fingerprint density at radius 3 is 2.61 bits per heavy atom. The van der Waals surface area contributed by atoms with Gasteiger partial charge in [-0.25, -0.2) is 4.98 Å². The van der Waals surface area contributed by atoms with Crippen LogP contribution in [0.1, 0.15) is 21.6 Å². The lowest BCUT2D eigenvalue weighted by Crippen LogP contribution is -2.04. The number of phenolic OH excluding ortho intramolecular Hbond substituents is 2. The quantitative estimate of drug-likeness (QED) is 0.712. The summed E-state index contributed by atoms with van der Waals surface area (Å²) in [7, 11) is 0. The Morgan fingerprint density at radius 1 is 1.13 bits per heavy atom. The lowest BCUT2D eigenvalue weighted by molar-refractivity contribution is 0.0989. The van der Waals surface area contributed by atoms with Crippen LogP contribution in [0.2, 0.25) is 0 Å². The highest BCUT2D eigenvalue weighted by atomic mass is 32.1. The van der Waals surface area contributed by atoms with Crippen LogP contribution in [0.5, 0.6) is 11.5 Å². The average Bonchev–Trinajstić information content (AvgIpc) is 3.00. The minimum Gasteiger partial charge on any atom is -0.508 e. The van der Waals surface area contributed by atoms with Gasteiger partial charge in [0.25, 0.3) is 0 Å². The van der Waals surface area contributed by atoms with E-state index in [0.717, 1.165) is 10.6 Å². The van der Waals surface area contributed by atoms with Gasteiger partial charge in [0.1, 0.15) is 16.5 Å². The maximum atomic E-state index is 12.4. The summed E-state index contributed by atoms with van der Waals surface area (Å²) in [6, 6.07) is 12.5. The summed E-state index contributed by atoms with van der Waals surface area (Å²) in [4.78, 5) is 16.8. The van der Waals surface area contributed by atoms with Gasteiger partial charge in [0.2, 0.25) is 0 Å². The van der Waals surface area contributed by atoms with Crippen molar-refractivity contribution >= 4 is 17.1 Å². The molecule has 23 heavy (non-hydrogen) atoms. The summed E-state index contributed by atoms with van der Waals surface area (Å²) >= 11 is 1.48. The molecule has 0 saturated heterocycles. The molecule has 2 N–H and O–H groups in total. The average molecular weight is 325 g/mol. The fourth-order valence-electron chi connectivity index (χ4n) is 2.27. The van der Waals surface area contributed by atoms with E-state index in [1.807, 2.05) is 35.7 Å². The van der Waals surface area contributed by atoms with E-state index >= 15 is 0 Å². The molecule has 0 bridgehead atoms. The van der Waals surface area contributed by atoms with Crippen molar-refractivity contribution in [1.82, 2.24) is 4.98 Å². The number of nitrogens with zero attached hydrogens (tertiary/aromatic N) is 1. The summed E-state index contributed by atoms with van der Waals surface area (Å²) in [5.41, 5.74) is 2.44. The lowest BCUT2D eigenvalue weighted by atomic mass is 10.0. The van der Waals surface area contributed by atoms with Gasteiger partial charge in [0.05, 0.1) is 17.7 Å². The summed E-state index contributed by atoms with van der Waals surface area (Å²) in [5.74, 6) is -0.466. The fraction of sp³-hybridized carbons (Fsp3) is 0.111. The predicted molar refractivity (Wildman–Crippen MR) is 90.1 cm³/mol. The molecule has 0 unspecified atom stereocenters. The Hall–Kier alpha value is -2.66. The highest BCUT2D eigenvalue weighted by Crippen LogP contribution is 2.29. The summed E-state index contributed by atoms with van der Waals surface area (Å²) in [5, 5.41) is 22.1. The number of phenols is 2. The van der Waals surface area contributed by atoms with Crippen molar-refractivity contribution in [2.45, 2.75) is 13.3 Å². The number of rotatable bonds is 4. The van der Waals surface area contributed by atoms with E-state index in [1.54, 1.807) is 6.92 Å². The van der Waals surface area contributed by atoms with Crippen LogP contribution in [-0.4, -0.2) is 21.0 Å². The molecule has 0 amide bonds. The number of aryl methyl sites for hydroxylation is 1. The molecule has 0 atom stereocenters. The van der Waals surface area contributed by atoms with Crippen LogP contribution >= 0.6 is 11.3 Å². The first-order chi connectivity index (χ1) is 11.0. The van der Waals surface area contributed by atoms with Crippen LogP contribution in [-0.2, 0) is 6.42 Å². The summed E-state index contributed by atoms with van der Waals surface area (Å²) in [6.45, 7) is 1.68. The molecular formula is C18H15NO3S. The molecule has 0 aliphatic rings. The van der Waals surface area contributed by atoms with Crippen LogP contribution in [0.15, 0.2) is 47.8 Å². The molecule has 3 aromatic rings. The number of hydrogen-bond donors (Lipinski definition) is 2. The number of benzene rings is 2. The molecule has 4 nitrogen and oxygen atoms in total. The number of carbonyl (C=O) groups excluding carboxylic acids is 1. The zero-order valence-electron chi connectivity index (χ0n) is 12.5. The second-order valence-corrected chi connectivity index (χ2v) is 6.12. The Balaban J connectivity index is 1.82. The molecule has 0 fully saturated rings. The van der Waals surface area contributed by atoms with Gasteiger partial charge in [0.15, 0.2) is 5.78 Å². The fourth-order valence-corrected chi connectivity index (χ4v) is 3.10. The second kappa shape index (κ2) is 6.22. The minimum absolute atomic E-state index is 0.0286. The van der Waals surface area contributed by atoms with Crippen molar-refractivity contribution in [3.05, 3.63) is 64.7 Å². The number of aromatic hydroxyl groups is 2. The Bertz CT molecular complexity index is 856. The van der Waals surface area contributed by atoms with Crippen molar-refractivity contribution < 1.29 is 15.0 Å². The van der Waals surface area contributed by atoms with Crippen molar-refractivity contribution in [3.63, 3.8) is 0 Å². The lowest BCUT2D eigenvalue weighted by Gasteiger charge is -2.06. The second-order valence-electron chi connectivity index (χ2n) is 5.27. The number of carbonyl (C=O) groups is 1. The topological polar surface area (TPSA) is 70.4 Å². The molecule has 0 radical (unpaired) electrons. The molecule has 1 heterocycles. The first-order valence-electron chi connectivity index (χ1n) is 7.10. The van der Waals surface area contributed by atoms with Crippen molar-refractivity contribution in [2.75, 3.05) is 0 Å². The highest BCUT2D eigenvalue weighted by Gasteiger charge is 2.16. The molecule has 2 aromatic carbocycles. The van der Waals surface area contributed by atoms with Gasteiger partial charge in [-0.3, -0.25) is 4.79 Å². The van der Waals surface area contributed by atoms with Gasteiger partial charge >= 0.3 is 0 Å². The molecular weight excluding hydrogens is 310 g/mol. The summed E-state index contributed by atoms with van der Waals surface area (Å²) < 4.78 is 0. The highest BCUT2D eigenvalue weighted by molar-refractivity contribution is 7.13. The van der Waals surface area contributed by atoms with Crippen LogP contribution in [0.25, 0.3) is 10.6 Å². The van der Waals surface area contributed by atoms with Gasteiger partial charge < -0.3 is 10.2 Å². The number of Topliss-reactive ketones (excluding diaryl/α,β-unsaturated/α-hetero) is 1.